The first-order valence-corrected chi connectivity index (χ1v) is 6.44. The van der Waals surface area contributed by atoms with E-state index in [9.17, 15) is 9.18 Å². The number of halogens is 2. The molecule has 0 bridgehead atoms. The number of carbonyl (C=O) groups is 1. The SMILES string of the molecule is COc1ccc(CC(=O)N2CCNC[C@@H]2C)cc1F.Cl. The van der Waals surface area contributed by atoms with Crippen molar-refractivity contribution in [2.45, 2.75) is 19.4 Å². The molecular weight excluding hydrogens is 283 g/mol. The molecule has 1 aliphatic rings. The highest BCUT2D eigenvalue weighted by Crippen LogP contribution is 2.18. The summed E-state index contributed by atoms with van der Waals surface area (Å²) >= 11 is 0. The number of piperazine rings is 1. The first-order chi connectivity index (χ1) is 9.11. The summed E-state index contributed by atoms with van der Waals surface area (Å²) in [5.41, 5.74) is 0.675. The molecule has 112 valence electrons. The van der Waals surface area contributed by atoms with Crippen molar-refractivity contribution in [3.8, 4) is 5.75 Å². The third kappa shape index (κ3) is 3.84. The van der Waals surface area contributed by atoms with Gasteiger partial charge in [-0.1, -0.05) is 6.07 Å². The molecule has 1 fully saturated rings. The first kappa shape index (κ1) is 16.7. The minimum Gasteiger partial charge on any atom is -0.494 e. The lowest BCUT2D eigenvalue weighted by Gasteiger charge is -2.34. The zero-order chi connectivity index (χ0) is 13.8. The van der Waals surface area contributed by atoms with Gasteiger partial charge in [0.1, 0.15) is 0 Å². The highest BCUT2D eigenvalue weighted by Gasteiger charge is 2.23. The number of ether oxygens (including phenoxy) is 1. The Balaban J connectivity index is 0.00000200. The summed E-state index contributed by atoms with van der Waals surface area (Å²) in [5.74, 6) is -0.188. The molecule has 20 heavy (non-hydrogen) atoms. The molecule has 1 aliphatic heterocycles. The molecule has 0 spiro atoms. The summed E-state index contributed by atoms with van der Waals surface area (Å²) < 4.78 is 18.4. The lowest BCUT2D eigenvalue weighted by atomic mass is 10.1. The van der Waals surface area contributed by atoms with Crippen LogP contribution in [0.1, 0.15) is 12.5 Å². The highest BCUT2D eigenvalue weighted by molar-refractivity contribution is 5.85. The Hall–Kier alpha value is -1.33. The lowest BCUT2D eigenvalue weighted by Crippen LogP contribution is -2.52. The minimum atomic E-state index is -0.429. The molecule has 1 amide bonds. The molecule has 1 saturated heterocycles. The Morgan fingerprint density at radius 2 is 2.30 bits per heavy atom. The molecule has 2 rings (SSSR count). The maximum atomic E-state index is 13.6. The van der Waals surface area contributed by atoms with E-state index in [1.165, 1.54) is 13.2 Å². The minimum absolute atomic E-state index is 0. The van der Waals surface area contributed by atoms with Gasteiger partial charge in [-0.2, -0.15) is 0 Å². The van der Waals surface area contributed by atoms with Crippen molar-refractivity contribution in [1.29, 1.82) is 0 Å². The van der Waals surface area contributed by atoms with Crippen LogP contribution in [0.3, 0.4) is 0 Å². The summed E-state index contributed by atoms with van der Waals surface area (Å²) in [6, 6.07) is 4.83. The average molecular weight is 303 g/mol. The van der Waals surface area contributed by atoms with Crippen molar-refractivity contribution >= 4 is 18.3 Å². The monoisotopic (exact) mass is 302 g/mol. The summed E-state index contributed by atoms with van der Waals surface area (Å²) in [5, 5.41) is 3.24. The Morgan fingerprint density at radius 1 is 1.55 bits per heavy atom. The second-order valence-electron chi connectivity index (χ2n) is 4.79. The predicted octanol–water partition coefficient (Wildman–Crippen LogP) is 1.62. The van der Waals surface area contributed by atoms with Crippen LogP contribution in [-0.2, 0) is 11.2 Å². The van der Waals surface area contributed by atoms with Crippen LogP contribution in [0, 0.1) is 5.82 Å². The van der Waals surface area contributed by atoms with Crippen LogP contribution in [0.2, 0.25) is 0 Å². The number of amides is 1. The van der Waals surface area contributed by atoms with Crippen molar-refractivity contribution in [1.82, 2.24) is 10.2 Å². The zero-order valence-electron chi connectivity index (χ0n) is 11.7. The van der Waals surface area contributed by atoms with Gasteiger partial charge in [0.05, 0.1) is 13.5 Å². The Labute approximate surface area is 124 Å². The van der Waals surface area contributed by atoms with E-state index < -0.39 is 5.82 Å². The summed E-state index contributed by atoms with van der Waals surface area (Å²) in [6.07, 6.45) is 0.227. The summed E-state index contributed by atoms with van der Waals surface area (Å²) in [7, 11) is 1.42. The van der Waals surface area contributed by atoms with Crippen LogP contribution >= 0.6 is 12.4 Å². The van der Waals surface area contributed by atoms with E-state index in [4.69, 9.17) is 4.74 Å². The van der Waals surface area contributed by atoms with E-state index in [0.29, 0.717) is 12.1 Å². The largest absolute Gasteiger partial charge is 0.494 e. The maximum absolute atomic E-state index is 13.6. The van der Waals surface area contributed by atoms with Crippen LogP contribution in [0.5, 0.6) is 5.75 Å². The fraction of sp³-hybridized carbons (Fsp3) is 0.500. The third-order valence-electron chi connectivity index (χ3n) is 3.39. The van der Waals surface area contributed by atoms with Crippen molar-refractivity contribution < 1.29 is 13.9 Å². The highest BCUT2D eigenvalue weighted by atomic mass is 35.5. The second-order valence-corrected chi connectivity index (χ2v) is 4.79. The van der Waals surface area contributed by atoms with Gasteiger partial charge in [-0.3, -0.25) is 4.79 Å². The van der Waals surface area contributed by atoms with Gasteiger partial charge in [0.2, 0.25) is 5.91 Å². The van der Waals surface area contributed by atoms with Crippen LogP contribution in [-0.4, -0.2) is 43.6 Å². The van der Waals surface area contributed by atoms with Gasteiger partial charge in [0.15, 0.2) is 11.6 Å². The number of nitrogens with zero attached hydrogens (tertiary/aromatic N) is 1. The van der Waals surface area contributed by atoms with Gasteiger partial charge >= 0.3 is 0 Å². The molecule has 0 aliphatic carbocycles. The molecule has 1 aromatic rings. The molecule has 1 N–H and O–H groups in total. The van der Waals surface area contributed by atoms with Gasteiger partial charge in [0, 0.05) is 25.7 Å². The zero-order valence-corrected chi connectivity index (χ0v) is 12.5. The van der Waals surface area contributed by atoms with Gasteiger partial charge in [0.25, 0.3) is 0 Å². The van der Waals surface area contributed by atoms with Crippen molar-refractivity contribution in [3.05, 3.63) is 29.6 Å². The Kier molecular flexibility index (Phi) is 6.23. The van der Waals surface area contributed by atoms with Crippen LogP contribution < -0.4 is 10.1 Å². The van der Waals surface area contributed by atoms with Crippen molar-refractivity contribution in [3.63, 3.8) is 0 Å². The Morgan fingerprint density at radius 3 is 2.90 bits per heavy atom. The van der Waals surface area contributed by atoms with Gasteiger partial charge < -0.3 is 15.0 Å². The van der Waals surface area contributed by atoms with E-state index in [1.54, 1.807) is 12.1 Å². The third-order valence-corrected chi connectivity index (χ3v) is 3.39. The van der Waals surface area contributed by atoms with Gasteiger partial charge in [-0.05, 0) is 24.6 Å². The molecule has 1 atom stereocenters. The molecule has 0 radical (unpaired) electrons. The number of nitrogens with one attached hydrogen (secondary N) is 1. The second kappa shape index (κ2) is 7.45. The fourth-order valence-corrected chi connectivity index (χ4v) is 2.31. The number of benzene rings is 1. The topological polar surface area (TPSA) is 41.6 Å². The molecular formula is C14H20ClFN2O2. The number of rotatable bonds is 3. The van der Waals surface area contributed by atoms with Crippen LogP contribution in [0.4, 0.5) is 4.39 Å². The van der Waals surface area contributed by atoms with E-state index in [2.05, 4.69) is 5.32 Å². The average Bonchev–Trinajstić information content (AvgIpc) is 2.39. The number of hydrogen-bond donors (Lipinski definition) is 1. The molecule has 1 aromatic carbocycles. The molecule has 1 heterocycles. The first-order valence-electron chi connectivity index (χ1n) is 6.44. The summed E-state index contributed by atoms with van der Waals surface area (Å²) in [6.45, 7) is 4.34. The molecule has 4 nitrogen and oxygen atoms in total. The predicted molar refractivity (Wildman–Crippen MR) is 77.9 cm³/mol. The number of methoxy groups -OCH3 is 1. The van der Waals surface area contributed by atoms with E-state index in [0.717, 1.165) is 13.1 Å². The lowest BCUT2D eigenvalue weighted by molar-refractivity contribution is -0.133. The van der Waals surface area contributed by atoms with Gasteiger partial charge in [-0.25, -0.2) is 4.39 Å². The van der Waals surface area contributed by atoms with E-state index in [1.807, 2.05) is 11.8 Å². The molecule has 6 heteroatoms. The van der Waals surface area contributed by atoms with Crippen molar-refractivity contribution in [2.24, 2.45) is 0 Å². The molecule has 0 saturated carbocycles. The maximum Gasteiger partial charge on any atom is 0.227 e. The standard InChI is InChI=1S/C14H19FN2O2.ClH/c1-10-9-16-5-6-17(10)14(18)8-11-3-4-13(19-2)12(15)7-11;/h3-4,7,10,16H,5-6,8-9H2,1-2H3;1H/t10-;/m0./s1. The Bertz CT molecular complexity index is 470. The van der Waals surface area contributed by atoms with E-state index in [-0.39, 0.29) is 36.5 Å². The normalized spacial score (nSPS) is 18.4. The summed E-state index contributed by atoms with van der Waals surface area (Å²) in [4.78, 5) is 14.0. The van der Waals surface area contributed by atoms with E-state index >= 15 is 0 Å². The van der Waals surface area contributed by atoms with Gasteiger partial charge in [-0.15, -0.1) is 12.4 Å². The van der Waals surface area contributed by atoms with Crippen molar-refractivity contribution in [2.75, 3.05) is 26.7 Å². The quantitative estimate of drug-likeness (QED) is 0.922. The molecule has 0 aromatic heterocycles. The fourth-order valence-electron chi connectivity index (χ4n) is 2.31. The molecule has 0 unspecified atom stereocenters. The number of carbonyl (C=O) groups excluding carboxylic acids is 1. The smallest absolute Gasteiger partial charge is 0.227 e. The van der Waals surface area contributed by atoms with Crippen LogP contribution in [0.25, 0.3) is 0 Å². The number of hydrogen-bond acceptors (Lipinski definition) is 3. The van der Waals surface area contributed by atoms with Crippen LogP contribution in [0.15, 0.2) is 18.2 Å².